The minimum atomic E-state index is -0.740. The fraction of sp³-hybridized carbons (Fsp3) is 0.200. The van der Waals surface area contributed by atoms with Crippen molar-refractivity contribution in [1.82, 2.24) is 0 Å². The zero-order valence-electron chi connectivity index (χ0n) is 14.9. The molecule has 1 N–H and O–H groups in total. The van der Waals surface area contributed by atoms with Gasteiger partial charge in [0.05, 0.1) is 12.8 Å². The van der Waals surface area contributed by atoms with Gasteiger partial charge in [-0.25, -0.2) is 9.18 Å². The number of allylic oxidation sites excluding steroid dienone is 1. The van der Waals surface area contributed by atoms with Crippen LogP contribution in [0.5, 0.6) is 11.5 Å². The average Bonchev–Trinajstić information content (AvgIpc) is 2.67. The van der Waals surface area contributed by atoms with E-state index in [1.54, 1.807) is 24.3 Å². The molecule has 2 aromatic rings. The maximum atomic E-state index is 13.4. The monoisotopic (exact) mass is 373 g/mol. The Morgan fingerprint density at radius 2 is 1.93 bits per heavy atom. The molecule has 1 amide bonds. The molecule has 2 aromatic carbocycles. The number of hydrogen-bond acceptors (Lipinski definition) is 5. The van der Waals surface area contributed by atoms with Crippen LogP contribution in [-0.2, 0) is 20.7 Å². The van der Waals surface area contributed by atoms with Crippen molar-refractivity contribution in [2.45, 2.75) is 6.42 Å². The van der Waals surface area contributed by atoms with Crippen LogP contribution in [-0.4, -0.2) is 32.2 Å². The van der Waals surface area contributed by atoms with Crippen molar-refractivity contribution in [2.75, 3.05) is 25.6 Å². The van der Waals surface area contributed by atoms with E-state index in [1.807, 2.05) is 6.07 Å². The fourth-order valence-electron chi connectivity index (χ4n) is 2.20. The predicted molar refractivity (Wildman–Crippen MR) is 98.4 cm³/mol. The van der Waals surface area contributed by atoms with Crippen molar-refractivity contribution < 1.29 is 28.2 Å². The highest BCUT2D eigenvalue weighted by molar-refractivity contribution is 5.92. The Balaban J connectivity index is 1.81. The number of amides is 1. The molecule has 0 saturated carbocycles. The van der Waals surface area contributed by atoms with Crippen molar-refractivity contribution in [3.8, 4) is 11.5 Å². The van der Waals surface area contributed by atoms with Gasteiger partial charge < -0.3 is 19.5 Å². The molecule has 0 saturated heterocycles. The quantitative estimate of drug-likeness (QED) is 0.540. The van der Waals surface area contributed by atoms with E-state index in [2.05, 4.69) is 11.9 Å². The fourth-order valence-corrected chi connectivity index (χ4v) is 2.20. The van der Waals surface area contributed by atoms with Gasteiger partial charge in [0.1, 0.15) is 5.82 Å². The summed E-state index contributed by atoms with van der Waals surface area (Å²) < 4.78 is 28.9. The molecule has 0 heterocycles. The lowest BCUT2D eigenvalue weighted by Gasteiger charge is -2.12. The summed E-state index contributed by atoms with van der Waals surface area (Å²) in [4.78, 5) is 23.5. The Kier molecular flexibility index (Phi) is 7.37. The number of anilines is 1. The molecule has 0 aliphatic carbocycles. The second-order valence-electron chi connectivity index (χ2n) is 5.46. The van der Waals surface area contributed by atoms with Crippen LogP contribution in [0.15, 0.2) is 55.1 Å². The van der Waals surface area contributed by atoms with E-state index in [4.69, 9.17) is 14.2 Å². The SMILES string of the molecule is C=CCc1ccc(OCC(=O)OCC(=O)Nc2ccccc2F)c(OC)c1. The lowest BCUT2D eigenvalue weighted by Crippen LogP contribution is -2.24. The molecule has 7 heteroatoms. The number of benzene rings is 2. The van der Waals surface area contributed by atoms with Crippen LogP contribution in [0.1, 0.15) is 5.56 Å². The second kappa shape index (κ2) is 9.96. The first-order valence-corrected chi connectivity index (χ1v) is 8.14. The number of esters is 1. The van der Waals surface area contributed by atoms with E-state index < -0.39 is 30.9 Å². The number of hydrogen-bond donors (Lipinski definition) is 1. The summed E-state index contributed by atoms with van der Waals surface area (Å²) in [5, 5.41) is 2.32. The van der Waals surface area contributed by atoms with Gasteiger partial charge in [-0.05, 0) is 36.2 Å². The Bertz CT molecular complexity index is 822. The Morgan fingerprint density at radius 3 is 2.63 bits per heavy atom. The molecule has 0 radical (unpaired) electrons. The molecule has 0 atom stereocenters. The summed E-state index contributed by atoms with van der Waals surface area (Å²) in [6.07, 6.45) is 2.44. The largest absolute Gasteiger partial charge is 0.493 e. The zero-order chi connectivity index (χ0) is 19.6. The lowest BCUT2D eigenvalue weighted by molar-refractivity contribution is -0.149. The van der Waals surface area contributed by atoms with Gasteiger partial charge in [0, 0.05) is 0 Å². The van der Waals surface area contributed by atoms with Crippen molar-refractivity contribution in [1.29, 1.82) is 0 Å². The molecule has 6 nitrogen and oxygen atoms in total. The van der Waals surface area contributed by atoms with Crippen LogP contribution in [0.25, 0.3) is 0 Å². The summed E-state index contributed by atoms with van der Waals surface area (Å²) in [5.41, 5.74) is 1.00. The molecule has 0 aliphatic rings. The van der Waals surface area contributed by atoms with Gasteiger partial charge in [-0.1, -0.05) is 24.3 Å². The molecule has 142 valence electrons. The number of halogens is 1. The number of carbonyl (C=O) groups is 2. The summed E-state index contributed by atoms with van der Waals surface area (Å²) in [5.74, 6) is -1.12. The van der Waals surface area contributed by atoms with Gasteiger partial charge in [0.2, 0.25) is 0 Å². The molecule has 0 fully saturated rings. The normalized spacial score (nSPS) is 10.0. The molecule has 0 aliphatic heterocycles. The first-order chi connectivity index (χ1) is 13.0. The van der Waals surface area contributed by atoms with Crippen molar-refractivity contribution in [3.63, 3.8) is 0 Å². The number of carbonyl (C=O) groups excluding carboxylic acids is 2. The van der Waals surface area contributed by atoms with Crippen molar-refractivity contribution in [3.05, 3.63) is 66.5 Å². The number of methoxy groups -OCH3 is 1. The molecule has 2 rings (SSSR count). The molecular formula is C20H20FNO5. The molecule has 0 aromatic heterocycles. The predicted octanol–water partition coefficient (Wildman–Crippen LogP) is 3.12. The number of nitrogens with one attached hydrogen (secondary N) is 1. The molecule has 0 bridgehead atoms. The third kappa shape index (κ3) is 6.14. The van der Waals surface area contributed by atoms with E-state index in [0.717, 1.165) is 5.56 Å². The van der Waals surface area contributed by atoms with Gasteiger partial charge >= 0.3 is 5.97 Å². The Hall–Kier alpha value is -3.35. The third-order valence-electron chi connectivity index (χ3n) is 3.47. The smallest absolute Gasteiger partial charge is 0.344 e. The first-order valence-electron chi connectivity index (χ1n) is 8.14. The van der Waals surface area contributed by atoms with Crippen LogP contribution < -0.4 is 14.8 Å². The highest BCUT2D eigenvalue weighted by Gasteiger charge is 2.12. The van der Waals surface area contributed by atoms with Crippen LogP contribution in [0.3, 0.4) is 0 Å². The maximum Gasteiger partial charge on any atom is 0.344 e. The van der Waals surface area contributed by atoms with Crippen LogP contribution in [0, 0.1) is 5.82 Å². The third-order valence-corrected chi connectivity index (χ3v) is 3.47. The topological polar surface area (TPSA) is 73.9 Å². The second-order valence-corrected chi connectivity index (χ2v) is 5.46. The van der Waals surface area contributed by atoms with Crippen molar-refractivity contribution >= 4 is 17.6 Å². The Labute approximate surface area is 156 Å². The van der Waals surface area contributed by atoms with Crippen LogP contribution in [0.4, 0.5) is 10.1 Å². The average molecular weight is 373 g/mol. The lowest BCUT2D eigenvalue weighted by atomic mass is 10.1. The summed E-state index contributed by atoms with van der Waals surface area (Å²) >= 11 is 0. The zero-order valence-corrected chi connectivity index (χ0v) is 14.9. The van der Waals surface area contributed by atoms with E-state index in [0.29, 0.717) is 17.9 Å². The molecular weight excluding hydrogens is 353 g/mol. The van der Waals surface area contributed by atoms with Gasteiger partial charge in [-0.2, -0.15) is 0 Å². The van der Waals surface area contributed by atoms with E-state index >= 15 is 0 Å². The van der Waals surface area contributed by atoms with Crippen molar-refractivity contribution in [2.24, 2.45) is 0 Å². The van der Waals surface area contributed by atoms with Gasteiger partial charge in [-0.15, -0.1) is 6.58 Å². The maximum absolute atomic E-state index is 13.4. The van der Waals surface area contributed by atoms with Crippen LogP contribution >= 0.6 is 0 Å². The molecule has 0 spiro atoms. The number of ether oxygens (including phenoxy) is 3. The van der Waals surface area contributed by atoms with E-state index in [1.165, 1.54) is 25.3 Å². The highest BCUT2D eigenvalue weighted by atomic mass is 19.1. The number of rotatable bonds is 9. The van der Waals surface area contributed by atoms with E-state index in [9.17, 15) is 14.0 Å². The minimum Gasteiger partial charge on any atom is -0.493 e. The molecule has 27 heavy (non-hydrogen) atoms. The summed E-state index contributed by atoms with van der Waals surface area (Å²) in [7, 11) is 1.49. The van der Waals surface area contributed by atoms with Crippen LogP contribution in [0.2, 0.25) is 0 Å². The van der Waals surface area contributed by atoms with Gasteiger partial charge in [-0.3, -0.25) is 4.79 Å². The summed E-state index contributed by atoms with van der Waals surface area (Å²) in [6.45, 7) is 2.72. The standard InChI is InChI=1S/C20H20FNO5/c1-3-6-14-9-10-17(18(11-14)25-2)26-13-20(24)27-12-19(23)22-16-8-5-4-7-15(16)21/h3-5,7-11H,1,6,12-13H2,2H3,(H,22,23). The minimum absolute atomic E-state index is 0.0131. The van der Waals surface area contributed by atoms with E-state index in [-0.39, 0.29) is 5.69 Å². The molecule has 0 unspecified atom stereocenters. The van der Waals surface area contributed by atoms with Gasteiger partial charge in [0.15, 0.2) is 24.7 Å². The Morgan fingerprint density at radius 1 is 1.15 bits per heavy atom. The first kappa shape index (κ1) is 20.0. The highest BCUT2D eigenvalue weighted by Crippen LogP contribution is 2.28. The van der Waals surface area contributed by atoms with Gasteiger partial charge in [0.25, 0.3) is 5.91 Å². The number of para-hydroxylation sites is 1. The summed E-state index contributed by atoms with van der Waals surface area (Å²) in [6, 6.07) is 11.0.